The maximum Gasteiger partial charge on any atom is 0.332 e. The summed E-state index contributed by atoms with van der Waals surface area (Å²) in [5, 5.41) is 11.2. The van der Waals surface area contributed by atoms with Crippen molar-refractivity contribution in [3.05, 3.63) is 34.7 Å². The van der Waals surface area contributed by atoms with Crippen LogP contribution in [0.4, 0.5) is 0 Å². The van der Waals surface area contributed by atoms with Gasteiger partial charge in [0.05, 0.1) is 7.11 Å². The molecule has 0 aliphatic heterocycles. The average molecular weight is 223 g/mol. The molecule has 0 saturated heterocycles. The highest BCUT2D eigenvalue weighted by atomic mass is 16.5. The number of rotatable bonds is 6. The molecule has 1 rings (SSSR count). The molecule has 0 radical (unpaired) electrons. The van der Waals surface area contributed by atoms with Crippen LogP contribution in [0, 0.1) is 4.91 Å². The monoisotopic (exact) mass is 223 g/mol. The number of nitrogens with zero attached hydrogens (tertiary/aromatic N) is 1. The van der Waals surface area contributed by atoms with Gasteiger partial charge in [0.2, 0.25) is 0 Å². The van der Waals surface area contributed by atoms with E-state index in [9.17, 15) is 9.70 Å². The maximum absolute atomic E-state index is 10.6. The molecule has 0 aliphatic carbocycles. The molecule has 1 atom stereocenters. The molecular weight excluding hydrogens is 210 g/mol. The van der Waals surface area contributed by atoms with E-state index in [4.69, 9.17) is 9.84 Å². The molecule has 0 spiro atoms. The van der Waals surface area contributed by atoms with Crippen molar-refractivity contribution in [2.24, 2.45) is 5.18 Å². The number of nitroso groups, excluding NO2 is 1. The fourth-order valence-corrected chi connectivity index (χ4v) is 1.42. The van der Waals surface area contributed by atoms with Crippen LogP contribution < -0.4 is 4.74 Å². The van der Waals surface area contributed by atoms with Gasteiger partial charge in [0.25, 0.3) is 0 Å². The number of methoxy groups -OCH3 is 1. The number of para-hydroxylation sites is 1. The van der Waals surface area contributed by atoms with Gasteiger partial charge in [-0.2, -0.15) is 0 Å². The summed E-state index contributed by atoms with van der Waals surface area (Å²) in [7, 11) is 1.55. The summed E-state index contributed by atoms with van der Waals surface area (Å²) in [6.07, 6.45) is 0.631. The Balaban J connectivity index is 2.66. The van der Waals surface area contributed by atoms with Crippen LogP contribution in [-0.4, -0.2) is 24.2 Å². The molecule has 5 heteroatoms. The van der Waals surface area contributed by atoms with Gasteiger partial charge < -0.3 is 9.84 Å². The number of benzene rings is 1. The Kier molecular flexibility index (Phi) is 4.44. The Bertz CT molecular complexity index is 378. The number of carboxylic acids is 1. The largest absolute Gasteiger partial charge is 0.496 e. The Morgan fingerprint density at radius 1 is 1.50 bits per heavy atom. The number of hydrogen-bond acceptors (Lipinski definition) is 4. The molecule has 86 valence electrons. The van der Waals surface area contributed by atoms with Crippen LogP contribution in [0.3, 0.4) is 0 Å². The van der Waals surface area contributed by atoms with Crippen molar-refractivity contribution < 1.29 is 14.6 Å². The first-order valence-corrected chi connectivity index (χ1v) is 4.86. The van der Waals surface area contributed by atoms with E-state index in [1.54, 1.807) is 13.2 Å². The number of aryl methyl sites for hydroxylation is 1. The summed E-state index contributed by atoms with van der Waals surface area (Å²) in [5.74, 6) is -0.498. The zero-order valence-corrected chi connectivity index (χ0v) is 8.92. The SMILES string of the molecule is COc1ccccc1CCC(N=O)C(=O)O. The fraction of sp³-hybridized carbons (Fsp3) is 0.364. The normalized spacial score (nSPS) is 11.8. The molecule has 0 aliphatic rings. The lowest BCUT2D eigenvalue weighted by molar-refractivity contribution is -0.138. The van der Waals surface area contributed by atoms with Crippen molar-refractivity contribution in [2.75, 3.05) is 7.11 Å². The molecule has 0 aromatic heterocycles. The lowest BCUT2D eigenvalue weighted by Gasteiger charge is -2.08. The summed E-state index contributed by atoms with van der Waals surface area (Å²) in [4.78, 5) is 20.8. The molecule has 5 nitrogen and oxygen atoms in total. The van der Waals surface area contributed by atoms with E-state index >= 15 is 0 Å². The van der Waals surface area contributed by atoms with Gasteiger partial charge in [0, 0.05) is 0 Å². The van der Waals surface area contributed by atoms with Crippen LogP contribution >= 0.6 is 0 Å². The number of ether oxygens (including phenoxy) is 1. The van der Waals surface area contributed by atoms with Gasteiger partial charge in [0.1, 0.15) is 5.75 Å². The zero-order chi connectivity index (χ0) is 12.0. The lowest BCUT2D eigenvalue weighted by Crippen LogP contribution is -2.17. The molecule has 0 bridgehead atoms. The summed E-state index contributed by atoms with van der Waals surface area (Å²) in [6.45, 7) is 0. The molecule has 0 heterocycles. The van der Waals surface area contributed by atoms with E-state index in [0.717, 1.165) is 5.56 Å². The second-order valence-corrected chi connectivity index (χ2v) is 3.31. The highest BCUT2D eigenvalue weighted by molar-refractivity contribution is 5.73. The van der Waals surface area contributed by atoms with Crippen LogP contribution in [0.15, 0.2) is 29.4 Å². The summed E-state index contributed by atoms with van der Waals surface area (Å²) in [6, 6.07) is 6.10. The summed E-state index contributed by atoms with van der Waals surface area (Å²) < 4.78 is 5.12. The fourth-order valence-electron chi connectivity index (χ4n) is 1.42. The van der Waals surface area contributed by atoms with Gasteiger partial charge in [-0.15, -0.1) is 4.91 Å². The standard InChI is InChI=1S/C11H13NO4/c1-16-10-5-3-2-4-8(10)6-7-9(12-15)11(13)14/h2-5,9H,6-7H2,1H3,(H,13,14). The van der Waals surface area contributed by atoms with Crippen LogP contribution in [0.5, 0.6) is 5.75 Å². The molecule has 1 N–H and O–H groups in total. The topological polar surface area (TPSA) is 76.0 Å². The second kappa shape index (κ2) is 5.85. The molecule has 0 amide bonds. The quantitative estimate of drug-likeness (QED) is 0.746. The Hall–Kier alpha value is -1.91. The van der Waals surface area contributed by atoms with E-state index in [-0.39, 0.29) is 6.42 Å². The van der Waals surface area contributed by atoms with Gasteiger partial charge in [0.15, 0.2) is 6.04 Å². The van der Waals surface area contributed by atoms with Gasteiger partial charge in [-0.25, -0.2) is 4.79 Å². The van der Waals surface area contributed by atoms with E-state index < -0.39 is 12.0 Å². The van der Waals surface area contributed by atoms with Gasteiger partial charge in [-0.1, -0.05) is 23.4 Å². The first-order valence-electron chi connectivity index (χ1n) is 4.86. The second-order valence-electron chi connectivity index (χ2n) is 3.31. The van der Waals surface area contributed by atoms with Crippen molar-refractivity contribution >= 4 is 5.97 Å². The zero-order valence-electron chi connectivity index (χ0n) is 8.92. The maximum atomic E-state index is 10.6. The minimum atomic E-state index is -1.19. The van der Waals surface area contributed by atoms with Crippen LogP contribution in [-0.2, 0) is 11.2 Å². The third-order valence-electron chi connectivity index (χ3n) is 2.29. The van der Waals surface area contributed by atoms with Crippen molar-refractivity contribution in [1.82, 2.24) is 0 Å². The van der Waals surface area contributed by atoms with Gasteiger partial charge in [-0.05, 0) is 24.5 Å². The number of hydrogen-bond donors (Lipinski definition) is 1. The van der Waals surface area contributed by atoms with E-state index in [0.29, 0.717) is 12.2 Å². The smallest absolute Gasteiger partial charge is 0.332 e. The average Bonchev–Trinajstić information content (AvgIpc) is 2.30. The molecular formula is C11H13NO4. The first-order chi connectivity index (χ1) is 7.69. The molecule has 1 aromatic carbocycles. The van der Waals surface area contributed by atoms with Crippen LogP contribution in [0.1, 0.15) is 12.0 Å². The van der Waals surface area contributed by atoms with Crippen LogP contribution in [0.25, 0.3) is 0 Å². The minimum absolute atomic E-state index is 0.180. The Morgan fingerprint density at radius 2 is 2.19 bits per heavy atom. The van der Waals surface area contributed by atoms with Gasteiger partial charge in [-0.3, -0.25) is 0 Å². The lowest BCUT2D eigenvalue weighted by atomic mass is 10.0. The first kappa shape index (κ1) is 12.2. The molecule has 0 saturated carbocycles. The Morgan fingerprint density at radius 3 is 2.75 bits per heavy atom. The summed E-state index contributed by atoms with van der Waals surface area (Å²) in [5.41, 5.74) is 0.875. The highest BCUT2D eigenvalue weighted by Gasteiger charge is 2.18. The van der Waals surface area contributed by atoms with E-state index in [1.807, 2.05) is 18.2 Å². The van der Waals surface area contributed by atoms with E-state index in [2.05, 4.69) is 5.18 Å². The Labute approximate surface area is 93.0 Å². The third-order valence-corrected chi connectivity index (χ3v) is 2.29. The third kappa shape index (κ3) is 3.05. The van der Waals surface area contributed by atoms with Crippen molar-refractivity contribution in [3.63, 3.8) is 0 Å². The van der Waals surface area contributed by atoms with Crippen molar-refractivity contribution in [3.8, 4) is 5.75 Å². The predicted molar refractivity (Wildman–Crippen MR) is 58.5 cm³/mol. The van der Waals surface area contributed by atoms with E-state index in [1.165, 1.54) is 0 Å². The minimum Gasteiger partial charge on any atom is -0.496 e. The molecule has 1 unspecified atom stereocenters. The predicted octanol–water partition coefficient (Wildman–Crippen LogP) is 1.85. The molecule has 0 fully saturated rings. The highest BCUT2D eigenvalue weighted by Crippen LogP contribution is 2.19. The molecule has 1 aromatic rings. The summed E-state index contributed by atoms with van der Waals surface area (Å²) >= 11 is 0. The number of aliphatic carboxylic acids is 1. The molecule has 16 heavy (non-hydrogen) atoms. The van der Waals surface area contributed by atoms with Crippen molar-refractivity contribution in [2.45, 2.75) is 18.9 Å². The number of carboxylic acid groups (broad SMARTS) is 1. The van der Waals surface area contributed by atoms with Gasteiger partial charge >= 0.3 is 5.97 Å². The number of carbonyl (C=O) groups is 1. The van der Waals surface area contributed by atoms with Crippen LogP contribution in [0.2, 0.25) is 0 Å². The van der Waals surface area contributed by atoms with Crippen molar-refractivity contribution in [1.29, 1.82) is 0 Å².